The SMILES string of the molecule is Nc1cc(Cl)ccc1S(=O)(=O)NCc1cccs1. The summed E-state index contributed by atoms with van der Waals surface area (Å²) in [4.78, 5) is 0.981. The molecule has 0 bridgehead atoms. The van der Waals surface area contributed by atoms with Crippen LogP contribution in [0.25, 0.3) is 0 Å². The highest BCUT2D eigenvalue weighted by Gasteiger charge is 2.17. The molecule has 0 saturated carbocycles. The number of thiophene rings is 1. The van der Waals surface area contributed by atoms with E-state index in [9.17, 15) is 8.42 Å². The summed E-state index contributed by atoms with van der Waals surface area (Å²) in [6, 6.07) is 8.04. The van der Waals surface area contributed by atoms with Crippen molar-refractivity contribution in [3.8, 4) is 0 Å². The number of nitrogens with two attached hydrogens (primary N) is 1. The van der Waals surface area contributed by atoms with Crippen molar-refractivity contribution >= 4 is 38.6 Å². The highest BCUT2D eigenvalue weighted by atomic mass is 35.5. The number of rotatable bonds is 4. The van der Waals surface area contributed by atoms with E-state index < -0.39 is 10.0 Å². The molecule has 0 amide bonds. The molecule has 0 fully saturated rings. The highest BCUT2D eigenvalue weighted by Crippen LogP contribution is 2.22. The van der Waals surface area contributed by atoms with Crippen LogP contribution in [-0.2, 0) is 16.6 Å². The lowest BCUT2D eigenvalue weighted by molar-refractivity contribution is 0.582. The molecule has 18 heavy (non-hydrogen) atoms. The molecule has 1 aromatic carbocycles. The van der Waals surface area contributed by atoms with E-state index in [1.54, 1.807) is 0 Å². The molecule has 96 valence electrons. The Hall–Kier alpha value is -1.08. The molecule has 0 aliphatic rings. The second-order valence-corrected chi connectivity index (χ2v) is 6.79. The average Bonchev–Trinajstić information content (AvgIpc) is 2.78. The van der Waals surface area contributed by atoms with Crippen LogP contribution in [-0.4, -0.2) is 8.42 Å². The summed E-state index contributed by atoms with van der Waals surface area (Å²) in [5, 5.41) is 2.30. The molecule has 1 heterocycles. The van der Waals surface area contributed by atoms with Crippen molar-refractivity contribution in [2.24, 2.45) is 0 Å². The molecule has 3 N–H and O–H groups in total. The van der Waals surface area contributed by atoms with Gasteiger partial charge in [0.1, 0.15) is 4.90 Å². The number of benzene rings is 1. The zero-order valence-electron chi connectivity index (χ0n) is 9.26. The lowest BCUT2D eigenvalue weighted by Crippen LogP contribution is -2.23. The fraction of sp³-hybridized carbons (Fsp3) is 0.0909. The molecule has 0 unspecified atom stereocenters. The van der Waals surface area contributed by atoms with E-state index in [2.05, 4.69) is 4.72 Å². The van der Waals surface area contributed by atoms with Gasteiger partial charge in [0.15, 0.2) is 0 Å². The van der Waals surface area contributed by atoms with Crippen molar-refractivity contribution in [1.29, 1.82) is 0 Å². The molecular weight excluding hydrogens is 292 g/mol. The van der Waals surface area contributed by atoms with Crippen LogP contribution in [0.3, 0.4) is 0 Å². The minimum Gasteiger partial charge on any atom is -0.398 e. The van der Waals surface area contributed by atoms with Crippen LogP contribution in [0.5, 0.6) is 0 Å². The maximum absolute atomic E-state index is 12.0. The van der Waals surface area contributed by atoms with Crippen LogP contribution < -0.4 is 10.5 Å². The molecular formula is C11H11ClN2O2S2. The minimum absolute atomic E-state index is 0.0449. The Morgan fingerprint density at radius 1 is 1.33 bits per heavy atom. The fourth-order valence-corrected chi connectivity index (χ4v) is 3.46. The van der Waals surface area contributed by atoms with Crippen LogP contribution in [0, 0.1) is 0 Å². The van der Waals surface area contributed by atoms with Gasteiger partial charge in [-0.15, -0.1) is 11.3 Å². The summed E-state index contributed by atoms with van der Waals surface area (Å²) in [7, 11) is -3.61. The Balaban J connectivity index is 2.20. The van der Waals surface area contributed by atoms with E-state index in [0.29, 0.717) is 5.02 Å². The predicted molar refractivity (Wildman–Crippen MR) is 74.2 cm³/mol. The van der Waals surface area contributed by atoms with Gasteiger partial charge in [-0.1, -0.05) is 17.7 Å². The van der Waals surface area contributed by atoms with Crippen molar-refractivity contribution in [2.75, 3.05) is 5.73 Å². The second-order valence-electron chi connectivity index (χ2n) is 3.59. The van der Waals surface area contributed by atoms with Crippen molar-refractivity contribution in [3.05, 3.63) is 45.6 Å². The zero-order valence-corrected chi connectivity index (χ0v) is 11.6. The maximum Gasteiger partial charge on any atom is 0.242 e. The Morgan fingerprint density at radius 3 is 2.72 bits per heavy atom. The van der Waals surface area contributed by atoms with Gasteiger partial charge in [0, 0.05) is 16.4 Å². The predicted octanol–water partition coefficient (Wildman–Crippen LogP) is 2.46. The maximum atomic E-state index is 12.0. The van der Waals surface area contributed by atoms with Gasteiger partial charge >= 0.3 is 0 Å². The van der Waals surface area contributed by atoms with Gasteiger partial charge in [-0.25, -0.2) is 13.1 Å². The molecule has 0 saturated heterocycles. The summed E-state index contributed by atoms with van der Waals surface area (Å²) in [5.74, 6) is 0. The Labute approximate surface area is 114 Å². The van der Waals surface area contributed by atoms with Crippen molar-refractivity contribution in [3.63, 3.8) is 0 Å². The largest absolute Gasteiger partial charge is 0.398 e. The molecule has 4 nitrogen and oxygen atoms in total. The van der Waals surface area contributed by atoms with Crippen molar-refractivity contribution in [2.45, 2.75) is 11.4 Å². The van der Waals surface area contributed by atoms with E-state index in [0.717, 1.165) is 4.88 Å². The number of nitrogen functional groups attached to an aromatic ring is 1. The van der Waals surface area contributed by atoms with Crippen molar-refractivity contribution in [1.82, 2.24) is 4.72 Å². The van der Waals surface area contributed by atoms with Crippen LogP contribution in [0.15, 0.2) is 40.6 Å². The first-order valence-corrected chi connectivity index (χ1v) is 7.80. The average molecular weight is 303 g/mol. The number of sulfonamides is 1. The summed E-state index contributed by atoms with van der Waals surface area (Å²) < 4.78 is 26.6. The van der Waals surface area contributed by atoms with Gasteiger partial charge in [-0.05, 0) is 29.6 Å². The number of hydrogen-bond acceptors (Lipinski definition) is 4. The zero-order chi connectivity index (χ0) is 13.2. The molecule has 1 aromatic heterocycles. The normalized spacial score (nSPS) is 11.6. The molecule has 2 rings (SSSR count). The lowest BCUT2D eigenvalue weighted by atomic mass is 10.3. The van der Waals surface area contributed by atoms with E-state index in [-0.39, 0.29) is 17.1 Å². The summed E-state index contributed by atoms with van der Waals surface area (Å²) in [5.41, 5.74) is 5.80. The second kappa shape index (κ2) is 5.27. The highest BCUT2D eigenvalue weighted by molar-refractivity contribution is 7.89. The molecule has 0 atom stereocenters. The van der Waals surface area contributed by atoms with Crippen LogP contribution in [0.1, 0.15) is 4.88 Å². The van der Waals surface area contributed by atoms with Crippen LogP contribution >= 0.6 is 22.9 Å². The van der Waals surface area contributed by atoms with Gasteiger partial charge in [0.25, 0.3) is 0 Å². The van der Waals surface area contributed by atoms with Gasteiger partial charge < -0.3 is 5.73 Å². The van der Waals surface area contributed by atoms with E-state index in [1.807, 2.05) is 17.5 Å². The van der Waals surface area contributed by atoms with Gasteiger partial charge in [-0.3, -0.25) is 0 Å². The first-order valence-electron chi connectivity index (χ1n) is 5.06. The number of nitrogens with one attached hydrogen (secondary N) is 1. The van der Waals surface area contributed by atoms with Gasteiger partial charge in [0.2, 0.25) is 10.0 Å². The van der Waals surface area contributed by atoms with Gasteiger partial charge in [0.05, 0.1) is 5.69 Å². The van der Waals surface area contributed by atoms with Crippen molar-refractivity contribution < 1.29 is 8.42 Å². The molecule has 0 radical (unpaired) electrons. The summed E-state index contributed by atoms with van der Waals surface area (Å²) in [6.45, 7) is 0.252. The Kier molecular flexibility index (Phi) is 3.91. The molecule has 7 heteroatoms. The first kappa shape index (κ1) is 13.4. The minimum atomic E-state index is -3.61. The van der Waals surface area contributed by atoms with E-state index in [4.69, 9.17) is 17.3 Å². The summed E-state index contributed by atoms with van der Waals surface area (Å²) >= 11 is 7.22. The summed E-state index contributed by atoms with van der Waals surface area (Å²) in [6.07, 6.45) is 0. The third-order valence-electron chi connectivity index (χ3n) is 2.28. The fourth-order valence-electron chi connectivity index (χ4n) is 1.42. The standard InChI is InChI=1S/C11H11ClN2O2S2/c12-8-3-4-11(10(13)6-8)18(15,16)14-7-9-2-1-5-17-9/h1-6,14H,7,13H2. The van der Waals surface area contributed by atoms with Gasteiger partial charge in [-0.2, -0.15) is 0 Å². The topological polar surface area (TPSA) is 72.2 Å². The first-order chi connectivity index (χ1) is 8.49. The Morgan fingerprint density at radius 2 is 2.11 bits per heavy atom. The monoisotopic (exact) mass is 302 g/mol. The molecule has 0 spiro atoms. The Bertz CT molecular complexity index is 639. The number of halogens is 1. The molecule has 0 aliphatic carbocycles. The van der Waals surface area contributed by atoms with E-state index >= 15 is 0 Å². The third kappa shape index (κ3) is 3.02. The smallest absolute Gasteiger partial charge is 0.242 e. The van der Waals surface area contributed by atoms with Crippen LogP contribution in [0.2, 0.25) is 5.02 Å². The van der Waals surface area contributed by atoms with E-state index in [1.165, 1.54) is 29.5 Å². The number of hydrogen-bond donors (Lipinski definition) is 2. The lowest BCUT2D eigenvalue weighted by Gasteiger charge is -2.08. The molecule has 2 aromatic rings. The quantitative estimate of drug-likeness (QED) is 0.852. The number of anilines is 1. The van der Waals surface area contributed by atoms with Crippen LogP contribution in [0.4, 0.5) is 5.69 Å². The third-order valence-corrected chi connectivity index (χ3v) is 4.86. The molecule has 0 aliphatic heterocycles.